The number of unbranched alkanes of at least 4 members (excludes halogenated alkanes) is 1. The van der Waals surface area contributed by atoms with Crippen molar-refractivity contribution in [1.82, 2.24) is 5.32 Å². The standard InChI is InChI=1S/C16H18F3NO3/c1-3-4-5-10-13(15(22)23-2)20-14(21)11-8-6-7-9-12(11)16(17,18)19/h3,6-9,13H,1,4-5,10H2,2H3,(H,20,21)/t13-/m1/s1. The molecule has 0 saturated carbocycles. The highest BCUT2D eigenvalue weighted by molar-refractivity contribution is 5.98. The second-order valence-electron chi connectivity index (χ2n) is 4.81. The average molecular weight is 329 g/mol. The lowest BCUT2D eigenvalue weighted by atomic mass is 10.0. The normalized spacial score (nSPS) is 12.3. The maximum absolute atomic E-state index is 12.9. The third kappa shape index (κ3) is 5.43. The molecule has 1 atom stereocenters. The summed E-state index contributed by atoms with van der Waals surface area (Å²) in [6.07, 6.45) is -1.60. The number of carbonyl (C=O) groups is 2. The van der Waals surface area contributed by atoms with Gasteiger partial charge >= 0.3 is 12.1 Å². The first-order valence-corrected chi connectivity index (χ1v) is 6.97. The Morgan fingerprint density at radius 1 is 1.35 bits per heavy atom. The fourth-order valence-electron chi connectivity index (χ4n) is 2.02. The van der Waals surface area contributed by atoms with Crippen LogP contribution in [0.25, 0.3) is 0 Å². The molecule has 0 bridgehead atoms. The quantitative estimate of drug-likeness (QED) is 0.474. The first kappa shape index (κ1) is 18.7. The Morgan fingerprint density at radius 2 is 2.00 bits per heavy atom. The van der Waals surface area contributed by atoms with Gasteiger partial charge in [-0.1, -0.05) is 18.2 Å². The van der Waals surface area contributed by atoms with E-state index >= 15 is 0 Å². The van der Waals surface area contributed by atoms with E-state index < -0.39 is 35.2 Å². The molecule has 0 heterocycles. The van der Waals surface area contributed by atoms with Gasteiger partial charge in [-0.05, 0) is 31.4 Å². The fraction of sp³-hybridized carbons (Fsp3) is 0.375. The molecule has 0 aliphatic heterocycles. The molecule has 1 aromatic rings. The third-order valence-electron chi connectivity index (χ3n) is 3.17. The van der Waals surface area contributed by atoms with E-state index in [9.17, 15) is 22.8 Å². The number of esters is 1. The topological polar surface area (TPSA) is 55.4 Å². The SMILES string of the molecule is C=CCCC[C@@H](NC(=O)c1ccccc1C(F)(F)F)C(=O)OC. The van der Waals surface area contributed by atoms with Crippen LogP contribution in [0, 0.1) is 0 Å². The van der Waals surface area contributed by atoms with Crippen molar-refractivity contribution in [2.75, 3.05) is 7.11 Å². The lowest BCUT2D eigenvalue weighted by molar-refractivity contribution is -0.143. The molecule has 0 fully saturated rings. The number of benzene rings is 1. The molecule has 0 saturated heterocycles. The number of alkyl halides is 3. The number of amides is 1. The molecule has 1 rings (SSSR count). The Labute approximate surface area is 132 Å². The Balaban J connectivity index is 2.95. The van der Waals surface area contributed by atoms with Gasteiger partial charge in [-0.2, -0.15) is 13.2 Å². The molecule has 0 aromatic heterocycles. The minimum absolute atomic E-state index is 0.249. The van der Waals surface area contributed by atoms with Crippen LogP contribution in [-0.4, -0.2) is 25.0 Å². The van der Waals surface area contributed by atoms with Gasteiger partial charge in [-0.15, -0.1) is 6.58 Å². The zero-order chi connectivity index (χ0) is 17.5. The fourth-order valence-corrected chi connectivity index (χ4v) is 2.02. The summed E-state index contributed by atoms with van der Waals surface area (Å²) in [6, 6.07) is 3.40. The van der Waals surface area contributed by atoms with Gasteiger partial charge in [0.1, 0.15) is 6.04 Å². The molecular weight excluding hydrogens is 311 g/mol. The Kier molecular flexibility index (Phi) is 6.81. The lowest BCUT2D eigenvalue weighted by Crippen LogP contribution is -2.42. The Bertz CT molecular complexity index is 570. The smallest absolute Gasteiger partial charge is 0.417 e. The summed E-state index contributed by atoms with van der Waals surface area (Å²) in [6.45, 7) is 3.54. The molecule has 0 aliphatic rings. The summed E-state index contributed by atoms with van der Waals surface area (Å²) in [5.74, 6) is -1.67. The van der Waals surface area contributed by atoms with E-state index in [2.05, 4.69) is 16.6 Å². The molecule has 0 unspecified atom stereocenters. The van der Waals surface area contributed by atoms with Gasteiger partial charge in [0, 0.05) is 0 Å². The van der Waals surface area contributed by atoms with Crippen molar-refractivity contribution in [2.24, 2.45) is 0 Å². The zero-order valence-corrected chi connectivity index (χ0v) is 12.7. The van der Waals surface area contributed by atoms with Gasteiger partial charge in [-0.3, -0.25) is 4.79 Å². The van der Waals surface area contributed by atoms with Crippen LogP contribution in [-0.2, 0) is 15.7 Å². The Morgan fingerprint density at radius 3 is 2.57 bits per heavy atom. The van der Waals surface area contributed by atoms with Gasteiger partial charge in [0.05, 0.1) is 18.2 Å². The summed E-state index contributed by atoms with van der Waals surface area (Å²) in [4.78, 5) is 23.8. The van der Waals surface area contributed by atoms with Crippen molar-refractivity contribution in [3.8, 4) is 0 Å². The van der Waals surface area contributed by atoms with Gasteiger partial charge < -0.3 is 10.1 Å². The average Bonchev–Trinajstić information content (AvgIpc) is 2.52. The van der Waals surface area contributed by atoms with Crippen molar-refractivity contribution in [2.45, 2.75) is 31.5 Å². The number of ether oxygens (including phenoxy) is 1. The van der Waals surface area contributed by atoms with E-state index in [0.29, 0.717) is 12.8 Å². The van der Waals surface area contributed by atoms with Crippen LogP contribution < -0.4 is 5.32 Å². The number of hydrogen-bond donors (Lipinski definition) is 1. The molecule has 7 heteroatoms. The van der Waals surface area contributed by atoms with Crippen LogP contribution in [0.15, 0.2) is 36.9 Å². The number of halogens is 3. The number of hydrogen-bond acceptors (Lipinski definition) is 3. The van der Waals surface area contributed by atoms with Gasteiger partial charge in [0.2, 0.25) is 0 Å². The largest absolute Gasteiger partial charge is 0.467 e. The highest BCUT2D eigenvalue weighted by Crippen LogP contribution is 2.31. The molecule has 1 amide bonds. The number of methoxy groups -OCH3 is 1. The van der Waals surface area contributed by atoms with Crippen LogP contribution in [0.1, 0.15) is 35.2 Å². The molecule has 23 heavy (non-hydrogen) atoms. The van der Waals surface area contributed by atoms with Gasteiger partial charge in [0.15, 0.2) is 0 Å². The van der Waals surface area contributed by atoms with Crippen LogP contribution in [0.3, 0.4) is 0 Å². The minimum atomic E-state index is -4.66. The summed E-state index contributed by atoms with van der Waals surface area (Å²) >= 11 is 0. The monoisotopic (exact) mass is 329 g/mol. The molecule has 0 aliphatic carbocycles. The van der Waals surface area contributed by atoms with Crippen LogP contribution in [0.4, 0.5) is 13.2 Å². The van der Waals surface area contributed by atoms with Crippen molar-refractivity contribution in [3.63, 3.8) is 0 Å². The number of nitrogens with one attached hydrogen (secondary N) is 1. The van der Waals surface area contributed by atoms with E-state index in [1.165, 1.54) is 12.1 Å². The molecule has 4 nitrogen and oxygen atoms in total. The van der Waals surface area contributed by atoms with Crippen molar-refractivity contribution >= 4 is 11.9 Å². The summed E-state index contributed by atoms with van der Waals surface area (Å²) in [5.41, 5.74) is -1.58. The predicted molar refractivity (Wildman–Crippen MR) is 78.8 cm³/mol. The van der Waals surface area contributed by atoms with Crippen LogP contribution in [0.2, 0.25) is 0 Å². The number of allylic oxidation sites excluding steroid dienone is 1. The lowest BCUT2D eigenvalue weighted by Gasteiger charge is -2.18. The summed E-state index contributed by atoms with van der Waals surface area (Å²) in [5, 5.41) is 2.31. The second-order valence-corrected chi connectivity index (χ2v) is 4.81. The first-order chi connectivity index (χ1) is 10.8. The molecule has 1 N–H and O–H groups in total. The zero-order valence-electron chi connectivity index (χ0n) is 12.7. The third-order valence-corrected chi connectivity index (χ3v) is 3.17. The van der Waals surface area contributed by atoms with E-state index in [-0.39, 0.29) is 6.42 Å². The molecule has 0 radical (unpaired) electrons. The second kappa shape index (κ2) is 8.36. The summed E-state index contributed by atoms with van der Waals surface area (Å²) < 4.78 is 43.4. The van der Waals surface area contributed by atoms with E-state index in [1.807, 2.05) is 0 Å². The van der Waals surface area contributed by atoms with Gasteiger partial charge in [-0.25, -0.2) is 4.79 Å². The number of carbonyl (C=O) groups excluding carboxylic acids is 2. The highest BCUT2D eigenvalue weighted by Gasteiger charge is 2.35. The van der Waals surface area contributed by atoms with E-state index in [1.54, 1.807) is 6.08 Å². The maximum Gasteiger partial charge on any atom is 0.417 e. The van der Waals surface area contributed by atoms with Crippen LogP contribution in [0.5, 0.6) is 0 Å². The maximum atomic E-state index is 12.9. The van der Waals surface area contributed by atoms with Crippen molar-refractivity contribution < 1.29 is 27.5 Å². The molecule has 126 valence electrons. The highest BCUT2D eigenvalue weighted by atomic mass is 19.4. The van der Waals surface area contributed by atoms with E-state index in [0.717, 1.165) is 19.2 Å². The predicted octanol–water partition coefficient (Wildman–Crippen LogP) is 3.33. The van der Waals surface area contributed by atoms with Gasteiger partial charge in [0.25, 0.3) is 5.91 Å². The molecule has 0 spiro atoms. The van der Waals surface area contributed by atoms with Crippen molar-refractivity contribution in [1.29, 1.82) is 0 Å². The van der Waals surface area contributed by atoms with E-state index in [4.69, 9.17) is 0 Å². The first-order valence-electron chi connectivity index (χ1n) is 6.97. The summed E-state index contributed by atoms with van der Waals surface area (Å²) in [7, 11) is 1.15. The molecular formula is C16H18F3NO3. The Hall–Kier alpha value is -2.31. The minimum Gasteiger partial charge on any atom is -0.467 e. The van der Waals surface area contributed by atoms with Crippen molar-refractivity contribution in [3.05, 3.63) is 48.0 Å². The number of rotatable bonds is 7. The molecule has 1 aromatic carbocycles. The van der Waals surface area contributed by atoms with Crippen LogP contribution >= 0.6 is 0 Å².